The lowest BCUT2D eigenvalue weighted by Crippen LogP contribution is -2.42. The van der Waals surface area contributed by atoms with Gasteiger partial charge in [-0.25, -0.2) is 0 Å². The maximum Gasteiger partial charge on any atom is 0.258 e. The highest BCUT2D eigenvalue weighted by molar-refractivity contribution is 5.88. The molecule has 0 fully saturated rings. The lowest BCUT2D eigenvalue weighted by molar-refractivity contribution is -0.133. The first-order valence-corrected chi connectivity index (χ1v) is 7.19. The second-order valence-electron chi connectivity index (χ2n) is 5.42. The van der Waals surface area contributed by atoms with Gasteiger partial charge in [0.1, 0.15) is 0 Å². The van der Waals surface area contributed by atoms with Gasteiger partial charge in [0.2, 0.25) is 0 Å². The normalized spacial score (nSPS) is 13.5. The monoisotopic (exact) mass is 307 g/mol. The highest BCUT2D eigenvalue weighted by atomic mass is 16.3. The number of aryl methyl sites for hydroxylation is 1. The fraction of sp³-hybridized carbons (Fsp3) is 0.111. The smallest absolute Gasteiger partial charge is 0.258 e. The van der Waals surface area contributed by atoms with Crippen LogP contribution < -0.4 is 5.73 Å². The first-order chi connectivity index (χ1) is 11.0. The summed E-state index contributed by atoms with van der Waals surface area (Å²) in [5.41, 5.74) is 6.42. The van der Waals surface area contributed by atoms with E-state index in [2.05, 4.69) is 5.10 Å². The minimum Gasteiger partial charge on any atom is -0.372 e. The van der Waals surface area contributed by atoms with Crippen LogP contribution in [-0.4, -0.2) is 20.8 Å². The summed E-state index contributed by atoms with van der Waals surface area (Å²) >= 11 is 0. The van der Waals surface area contributed by atoms with E-state index in [1.165, 1.54) is 0 Å². The van der Waals surface area contributed by atoms with E-state index in [0.29, 0.717) is 11.1 Å². The summed E-state index contributed by atoms with van der Waals surface area (Å²) in [6.45, 7) is 0. The highest BCUT2D eigenvalue weighted by Gasteiger charge is 2.37. The molecule has 0 saturated carbocycles. The van der Waals surface area contributed by atoms with Gasteiger partial charge in [-0.1, -0.05) is 54.6 Å². The molecule has 0 spiro atoms. The first kappa shape index (κ1) is 15.0. The molecule has 3 rings (SSSR count). The van der Waals surface area contributed by atoms with Crippen LogP contribution in [0.5, 0.6) is 0 Å². The molecule has 2 aromatic carbocycles. The van der Waals surface area contributed by atoms with Gasteiger partial charge in [0.25, 0.3) is 5.91 Å². The van der Waals surface area contributed by atoms with E-state index in [4.69, 9.17) is 5.73 Å². The summed E-state index contributed by atoms with van der Waals surface area (Å²) in [6, 6.07) is 15.8. The van der Waals surface area contributed by atoms with Crippen LogP contribution in [0.15, 0.2) is 67.0 Å². The molecule has 23 heavy (non-hydrogen) atoms. The maximum absolute atomic E-state index is 11.9. The van der Waals surface area contributed by atoms with Crippen molar-refractivity contribution in [1.82, 2.24) is 9.78 Å². The van der Waals surface area contributed by atoms with Crippen molar-refractivity contribution in [2.45, 2.75) is 5.60 Å². The number of benzene rings is 2. The largest absolute Gasteiger partial charge is 0.372 e. The summed E-state index contributed by atoms with van der Waals surface area (Å²) in [4.78, 5) is 11.9. The summed E-state index contributed by atoms with van der Waals surface area (Å²) in [7, 11) is 1.85. The molecule has 1 heterocycles. The van der Waals surface area contributed by atoms with Crippen molar-refractivity contribution in [1.29, 1.82) is 0 Å². The Balaban J connectivity index is 2.03. The molecule has 0 saturated heterocycles. The molecule has 5 heteroatoms. The Morgan fingerprint density at radius 3 is 2.17 bits per heavy atom. The molecule has 5 nitrogen and oxygen atoms in total. The number of carbonyl (C=O) groups excluding carboxylic acids is 1. The SMILES string of the molecule is Cn1cc(-c2ccc(C(O)(C(N)=O)c3ccccc3)cc2)cn1. The van der Waals surface area contributed by atoms with Gasteiger partial charge in [-0.05, 0) is 16.7 Å². The molecule has 116 valence electrons. The van der Waals surface area contributed by atoms with E-state index in [1.807, 2.05) is 31.4 Å². The molecule has 1 unspecified atom stereocenters. The summed E-state index contributed by atoms with van der Waals surface area (Å²) in [6.07, 6.45) is 3.65. The van der Waals surface area contributed by atoms with Gasteiger partial charge < -0.3 is 10.8 Å². The Bertz CT molecular complexity index is 825. The fourth-order valence-electron chi connectivity index (χ4n) is 2.60. The lowest BCUT2D eigenvalue weighted by atomic mass is 9.85. The minimum absolute atomic E-state index is 0.434. The number of nitrogens with two attached hydrogens (primary N) is 1. The van der Waals surface area contributed by atoms with Crippen LogP contribution in [0.4, 0.5) is 0 Å². The molecule has 0 aliphatic heterocycles. The number of hydrogen-bond acceptors (Lipinski definition) is 3. The molecule has 1 amide bonds. The number of nitrogens with zero attached hydrogens (tertiary/aromatic N) is 2. The fourth-order valence-corrected chi connectivity index (χ4v) is 2.60. The van der Waals surface area contributed by atoms with Gasteiger partial charge in [0, 0.05) is 18.8 Å². The summed E-state index contributed by atoms with van der Waals surface area (Å²) in [5.74, 6) is -0.808. The van der Waals surface area contributed by atoms with Gasteiger partial charge >= 0.3 is 0 Å². The standard InChI is InChI=1S/C18H17N3O2/c1-21-12-14(11-20-21)13-7-9-16(10-8-13)18(23,17(19)22)15-5-3-2-4-6-15/h2-12,23H,1H3,(H2,19,22). The summed E-state index contributed by atoms with van der Waals surface area (Å²) in [5, 5.41) is 15.0. The van der Waals surface area contributed by atoms with E-state index < -0.39 is 11.5 Å². The Hall–Kier alpha value is -2.92. The van der Waals surface area contributed by atoms with Crippen LogP contribution in [-0.2, 0) is 17.4 Å². The van der Waals surface area contributed by atoms with Gasteiger partial charge in [0.15, 0.2) is 5.60 Å². The van der Waals surface area contributed by atoms with Crippen LogP contribution in [0.25, 0.3) is 11.1 Å². The zero-order chi connectivity index (χ0) is 16.4. The topological polar surface area (TPSA) is 81.1 Å². The zero-order valence-electron chi connectivity index (χ0n) is 12.7. The van der Waals surface area contributed by atoms with E-state index in [1.54, 1.807) is 47.3 Å². The number of hydrogen-bond donors (Lipinski definition) is 2. The van der Waals surface area contributed by atoms with E-state index in [-0.39, 0.29) is 0 Å². The Morgan fingerprint density at radius 2 is 1.65 bits per heavy atom. The van der Waals surface area contributed by atoms with Crippen LogP contribution >= 0.6 is 0 Å². The quantitative estimate of drug-likeness (QED) is 0.771. The van der Waals surface area contributed by atoms with Gasteiger partial charge in [0.05, 0.1) is 6.20 Å². The average molecular weight is 307 g/mol. The van der Waals surface area contributed by atoms with Crippen LogP contribution in [0.1, 0.15) is 11.1 Å². The first-order valence-electron chi connectivity index (χ1n) is 7.19. The van der Waals surface area contributed by atoms with Crippen molar-refractivity contribution in [3.63, 3.8) is 0 Å². The molecule has 1 atom stereocenters. The molecule has 1 aromatic heterocycles. The molecule has 0 bridgehead atoms. The number of aliphatic hydroxyl groups is 1. The van der Waals surface area contributed by atoms with Gasteiger partial charge in [-0.2, -0.15) is 5.10 Å². The predicted molar refractivity (Wildman–Crippen MR) is 87.3 cm³/mol. The third kappa shape index (κ3) is 2.62. The third-order valence-corrected chi connectivity index (χ3v) is 3.89. The van der Waals surface area contributed by atoms with Crippen molar-refractivity contribution >= 4 is 5.91 Å². The van der Waals surface area contributed by atoms with Crippen molar-refractivity contribution in [3.05, 3.63) is 78.1 Å². The number of primary amides is 1. The zero-order valence-corrected chi connectivity index (χ0v) is 12.7. The Morgan fingerprint density at radius 1 is 1.04 bits per heavy atom. The molecule has 3 N–H and O–H groups in total. The summed E-state index contributed by atoms with van der Waals surface area (Å²) < 4.78 is 1.72. The molecular formula is C18H17N3O2. The molecule has 0 aliphatic rings. The predicted octanol–water partition coefficient (Wildman–Crippen LogP) is 1.81. The minimum atomic E-state index is -1.85. The second kappa shape index (κ2) is 5.70. The third-order valence-electron chi connectivity index (χ3n) is 3.89. The van der Waals surface area contributed by atoms with E-state index >= 15 is 0 Å². The number of carbonyl (C=O) groups is 1. The van der Waals surface area contributed by atoms with Crippen LogP contribution in [0.2, 0.25) is 0 Å². The van der Waals surface area contributed by atoms with Crippen LogP contribution in [0.3, 0.4) is 0 Å². The van der Waals surface area contributed by atoms with E-state index in [9.17, 15) is 9.90 Å². The Kier molecular flexibility index (Phi) is 3.72. The van der Waals surface area contributed by atoms with Crippen molar-refractivity contribution in [2.75, 3.05) is 0 Å². The van der Waals surface area contributed by atoms with Crippen molar-refractivity contribution in [3.8, 4) is 11.1 Å². The lowest BCUT2D eigenvalue weighted by Gasteiger charge is -2.25. The molecule has 3 aromatic rings. The van der Waals surface area contributed by atoms with E-state index in [0.717, 1.165) is 11.1 Å². The number of aromatic nitrogens is 2. The van der Waals surface area contributed by atoms with Gasteiger partial charge in [-0.15, -0.1) is 0 Å². The second-order valence-corrected chi connectivity index (χ2v) is 5.42. The number of amides is 1. The molecule has 0 radical (unpaired) electrons. The van der Waals surface area contributed by atoms with Crippen molar-refractivity contribution in [2.24, 2.45) is 12.8 Å². The molecular weight excluding hydrogens is 290 g/mol. The Labute approximate surface area is 134 Å². The number of rotatable bonds is 4. The highest BCUT2D eigenvalue weighted by Crippen LogP contribution is 2.31. The average Bonchev–Trinajstić information content (AvgIpc) is 3.01. The van der Waals surface area contributed by atoms with Gasteiger partial charge in [-0.3, -0.25) is 9.48 Å². The molecule has 0 aliphatic carbocycles. The van der Waals surface area contributed by atoms with Crippen molar-refractivity contribution < 1.29 is 9.90 Å². The maximum atomic E-state index is 11.9. The van der Waals surface area contributed by atoms with Crippen LogP contribution in [0, 0.1) is 0 Å².